The smallest absolute Gasteiger partial charge is 0.297 e. The standard InChI is InChI=1S/C15H17ClN2O2/c1-4-10(3)18-14(19)12(13(16)17-15(18)20)11-8-6-5-7-9(11)2/h5-8,10H,4H2,1-3H3,(H,17,20). The number of hydrogen-bond donors (Lipinski definition) is 1. The molecule has 0 aliphatic carbocycles. The van der Waals surface area contributed by atoms with Gasteiger partial charge in [-0.1, -0.05) is 42.8 Å². The van der Waals surface area contributed by atoms with Crippen LogP contribution in [-0.4, -0.2) is 9.55 Å². The van der Waals surface area contributed by atoms with Crippen LogP contribution >= 0.6 is 11.6 Å². The van der Waals surface area contributed by atoms with Gasteiger partial charge in [0.05, 0.1) is 5.56 Å². The molecule has 1 N–H and O–H groups in total. The maximum atomic E-state index is 12.6. The zero-order valence-corrected chi connectivity index (χ0v) is 12.5. The molecule has 2 aromatic rings. The number of rotatable bonds is 3. The second-order valence-corrected chi connectivity index (χ2v) is 5.24. The minimum atomic E-state index is -0.466. The minimum absolute atomic E-state index is 0.0915. The van der Waals surface area contributed by atoms with Crippen LogP contribution in [0, 0.1) is 6.92 Å². The summed E-state index contributed by atoms with van der Waals surface area (Å²) in [5.74, 6) is 0. The van der Waals surface area contributed by atoms with Gasteiger partial charge in [0.15, 0.2) is 0 Å². The molecule has 0 saturated carbocycles. The zero-order valence-electron chi connectivity index (χ0n) is 11.7. The van der Waals surface area contributed by atoms with Gasteiger partial charge in [0, 0.05) is 6.04 Å². The Hall–Kier alpha value is -1.81. The second kappa shape index (κ2) is 5.67. The molecule has 106 valence electrons. The Bertz CT molecular complexity index is 746. The van der Waals surface area contributed by atoms with Crippen molar-refractivity contribution in [1.29, 1.82) is 0 Å². The predicted octanol–water partition coefficient (Wildman–Crippen LogP) is 3.14. The third kappa shape index (κ3) is 2.43. The average Bonchev–Trinajstić information content (AvgIpc) is 2.40. The van der Waals surface area contributed by atoms with Crippen LogP contribution in [0.5, 0.6) is 0 Å². The fourth-order valence-corrected chi connectivity index (χ4v) is 2.46. The topological polar surface area (TPSA) is 54.9 Å². The maximum Gasteiger partial charge on any atom is 0.329 e. The SMILES string of the molecule is CCC(C)n1c(=O)[nH]c(Cl)c(-c2ccccc2C)c1=O. The van der Waals surface area contributed by atoms with E-state index in [9.17, 15) is 9.59 Å². The molecule has 0 aliphatic rings. The van der Waals surface area contributed by atoms with E-state index in [-0.39, 0.29) is 16.8 Å². The van der Waals surface area contributed by atoms with Gasteiger partial charge < -0.3 is 0 Å². The van der Waals surface area contributed by atoms with Crippen LogP contribution < -0.4 is 11.2 Å². The quantitative estimate of drug-likeness (QED) is 0.884. The van der Waals surface area contributed by atoms with Crippen molar-refractivity contribution in [3.05, 3.63) is 55.8 Å². The Balaban J connectivity index is 2.82. The number of aryl methyl sites for hydroxylation is 1. The summed E-state index contributed by atoms with van der Waals surface area (Å²) in [7, 11) is 0. The van der Waals surface area contributed by atoms with Crippen LogP contribution in [0.3, 0.4) is 0 Å². The molecular weight excluding hydrogens is 276 g/mol. The van der Waals surface area contributed by atoms with E-state index < -0.39 is 5.69 Å². The Morgan fingerprint density at radius 2 is 1.95 bits per heavy atom. The fourth-order valence-electron chi connectivity index (χ4n) is 2.19. The highest BCUT2D eigenvalue weighted by Crippen LogP contribution is 2.25. The summed E-state index contributed by atoms with van der Waals surface area (Å²) < 4.78 is 1.23. The number of aromatic amines is 1. The number of nitrogens with one attached hydrogen (secondary N) is 1. The molecule has 0 radical (unpaired) electrons. The summed E-state index contributed by atoms with van der Waals surface area (Å²) in [5.41, 5.74) is 1.23. The summed E-state index contributed by atoms with van der Waals surface area (Å²) in [5, 5.41) is 0.0915. The Morgan fingerprint density at radius 3 is 2.55 bits per heavy atom. The molecule has 1 unspecified atom stereocenters. The van der Waals surface area contributed by atoms with Gasteiger partial charge in [-0.3, -0.25) is 14.3 Å². The minimum Gasteiger partial charge on any atom is -0.297 e. The molecule has 0 spiro atoms. The number of halogens is 1. The van der Waals surface area contributed by atoms with Crippen LogP contribution in [0.15, 0.2) is 33.9 Å². The van der Waals surface area contributed by atoms with Gasteiger partial charge in [-0.15, -0.1) is 0 Å². The average molecular weight is 293 g/mol. The molecule has 0 fully saturated rings. The fraction of sp³-hybridized carbons (Fsp3) is 0.333. The van der Waals surface area contributed by atoms with Crippen molar-refractivity contribution >= 4 is 11.6 Å². The first kappa shape index (κ1) is 14.6. The van der Waals surface area contributed by atoms with E-state index in [4.69, 9.17) is 11.6 Å². The van der Waals surface area contributed by atoms with Crippen molar-refractivity contribution in [3.63, 3.8) is 0 Å². The summed E-state index contributed by atoms with van der Waals surface area (Å²) in [6, 6.07) is 7.30. The third-order valence-electron chi connectivity index (χ3n) is 3.53. The van der Waals surface area contributed by atoms with E-state index >= 15 is 0 Å². The van der Waals surface area contributed by atoms with Gasteiger partial charge in [0.25, 0.3) is 5.56 Å². The van der Waals surface area contributed by atoms with Crippen LogP contribution in [-0.2, 0) is 0 Å². The molecule has 1 atom stereocenters. The van der Waals surface area contributed by atoms with Crippen LogP contribution in [0.25, 0.3) is 11.1 Å². The first-order valence-electron chi connectivity index (χ1n) is 6.57. The number of benzene rings is 1. The molecule has 4 nitrogen and oxygen atoms in total. The van der Waals surface area contributed by atoms with Crippen LogP contribution in [0.4, 0.5) is 0 Å². The first-order valence-corrected chi connectivity index (χ1v) is 6.95. The summed E-state index contributed by atoms with van der Waals surface area (Å²) in [4.78, 5) is 27.1. The lowest BCUT2D eigenvalue weighted by Gasteiger charge is -2.15. The van der Waals surface area contributed by atoms with Gasteiger partial charge in [0.2, 0.25) is 0 Å². The zero-order chi connectivity index (χ0) is 14.9. The van der Waals surface area contributed by atoms with Crippen molar-refractivity contribution in [2.75, 3.05) is 0 Å². The lowest BCUT2D eigenvalue weighted by molar-refractivity contribution is 0.491. The number of H-pyrrole nitrogens is 1. The van der Waals surface area contributed by atoms with Crippen molar-refractivity contribution < 1.29 is 0 Å². The molecule has 2 rings (SSSR count). The predicted molar refractivity (Wildman–Crippen MR) is 81.5 cm³/mol. The molecule has 1 heterocycles. The summed E-state index contributed by atoms with van der Waals surface area (Å²) in [6.07, 6.45) is 0.692. The third-order valence-corrected chi connectivity index (χ3v) is 3.82. The van der Waals surface area contributed by atoms with Crippen molar-refractivity contribution in [3.8, 4) is 11.1 Å². The molecule has 0 amide bonds. The van der Waals surface area contributed by atoms with Crippen LogP contribution in [0.2, 0.25) is 5.15 Å². The highest BCUT2D eigenvalue weighted by Gasteiger charge is 2.18. The normalized spacial score (nSPS) is 12.4. The van der Waals surface area contributed by atoms with E-state index in [1.165, 1.54) is 4.57 Å². The second-order valence-electron chi connectivity index (χ2n) is 4.87. The molecule has 20 heavy (non-hydrogen) atoms. The van der Waals surface area contributed by atoms with E-state index in [0.717, 1.165) is 11.1 Å². The molecule has 1 aromatic heterocycles. The Labute approximate surface area is 122 Å². The molecule has 0 bridgehead atoms. The van der Waals surface area contributed by atoms with E-state index in [0.29, 0.717) is 12.0 Å². The lowest BCUT2D eigenvalue weighted by atomic mass is 10.0. The molecule has 0 aliphatic heterocycles. The number of hydrogen-bond acceptors (Lipinski definition) is 2. The lowest BCUT2D eigenvalue weighted by Crippen LogP contribution is -2.38. The largest absolute Gasteiger partial charge is 0.329 e. The first-order chi connectivity index (χ1) is 9.47. The molecule has 0 saturated heterocycles. The molecular formula is C15H17ClN2O2. The number of nitrogens with zero attached hydrogens (tertiary/aromatic N) is 1. The monoisotopic (exact) mass is 292 g/mol. The Kier molecular flexibility index (Phi) is 4.14. The summed E-state index contributed by atoms with van der Waals surface area (Å²) in [6.45, 7) is 5.68. The van der Waals surface area contributed by atoms with Gasteiger partial charge in [-0.05, 0) is 31.4 Å². The Morgan fingerprint density at radius 1 is 1.30 bits per heavy atom. The maximum absolute atomic E-state index is 12.6. The highest BCUT2D eigenvalue weighted by molar-refractivity contribution is 6.32. The summed E-state index contributed by atoms with van der Waals surface area (Å²) >= 11 is 6.09. The van der Waals surface area contributed by atoms with Crippen molar-refractivity contribution in [1.82, 2.24) is 9.55 Å². The highest BCUT2D eigenvalue weighted by atomic mass is 35.5. The van der Waals surface area contributed by atoms with E-state index in [1.807, 2.05) is 45.0 Å². The van der Waals surface area contributed by atoms with Gasteiger partial charge in [-0.25, -0.2) is 4.79 Å². The van der Waals surface area contributed by atoms with E-state index in [1.54, 1.807) is 0 Å². The number of aromatic nitrogens is 2. The van der Waals surface area contributed by atoms with Crippen LogP contribution in [0.1, 0.15) is 31.9 Å². The van der Waals surface area contributed by atoms with Gasteiger partial charge in [-0.2, -0.15) is 0 Å². The molecule has 5 heteroatoms. The van der Waals surface area contributed by atoms with Gasteiger partial charge in [0.1, 0.15) is 5.15 Å². The van der Waals surface area contributed by atoms with Gasteiger partial charge >= 0.3 is 5.69 Å². The molecule has 1 aromatic carbocycles. The van der Waals surface area contributed by atoms with Crippen molar-refractivity contribution in [2.24, 2.45) is 0 Å². The van der Waals surface area contributed by atoms with Crippen molar-refractivity contribution in [2.45, 2.75) is 33.2 Å². The van der Waals surface area contributed by atoms with E-state index in [2.05, 4.69) is 4.98 Å².